The molecule has 1 aliphatic rings. The normalized spacial score (nSPS) is 20.2. The Morgan fingerprint density at radius 2 is 2.17 bits per heavy atom. The lowest BCUT2D eigenvalue weighted by molar-refractivity contribution is 0.0604. The second-order valence-electron chi connectivity index (χ2n) is 3.19. The number of nitrogens with zero attached hydrogens (tertiary/aromatic N) is 1. The van der Waals surface area contributed by atoms with Gasteiger partial charge in [-0.3, -0.25) is 0 Å². The van der Waals surface area contributed by atoms with E-state index in [0.717, 1.165) is 6.42 Å². The highest BCUT2D eigenvalue weighted by Crippen LogP contribution is 2.44. The molecule has 0 aromatic carbocycles. The summed E-state index contributed by atoms with van der Waals surface area (Å²) >= 11 is 0. The molecule has 3 heteroatoms. The Bertz CT molecular complexity index is 294. The average Bonchev–Trinajstić information content (AvgIpc) is 2.00. The van der Waals surface area contributed by atoms with E-state index in [9.17, 15) is 8.78 Å². The summed E-state index contributed by atoms with van der Waals surface area (Å²) in [6.45, 7) is 0. The molecule has 0 saturated heterocycles. The summed E-state index contributed by atoms with van der Waals surface area (Å²) in [4.78, 5) is 3.38. The molecule has 64 valence electrons. The second-order valence-corrected chi connectivity index (χ2v) is 3.19. The van der Waals surface area contributed by atoms with Crippen LogP contribution < -0.4 is 0 Å². The van der Waals surface area contributed by atoms with Crippen molar-refractivity contribution in [1.82, 2.24) is 4.98 Å². The summed E-state index contributed by atoms with van der Waals surface area (Å²) < 4.78 is 26.2. The first-order valence-corrected chi connectivity index (χ1v) is 4.02. The van der Waals surface area contributed by atoms with Gasteiger partial charge in [-0.05, 0) is 37.0 Å². The lowest BCUT2D eigenvalue weighted by atomic mass is 9.77. The summed E-state index contributed by atoms with van der Waals surface area (Å²) in [5.41, 5.74) is -0.842. The van der Waals surface area contributed by atoms with Crippen LogP contribution in [0.25, 0.3) is 0 Å². The zero-order valence-electron chi connectivity index (χ0n) is 6.56. The molecule has 0 bridgehead atoms. The van der Waals surface area contributed by atoms with Crippen LogP contribution in [0.15, 0.2) is 18.3 Å². The highest BCUT2D eigenvalue weighted by molar-refractivity contribution is 5.22. The Morgan fingerprint density at radius 1 is 1.42 bits per heavy atom. The molecule has 0 unspecified atom stereocenters. The van der Waals surface area contributed by atoms with Crippen molar-refractivity contribution in [2.75, 3.05) is 0 Å². The van der Waals surface area contributed by atoms with Gasteiger partial charge in [-0.15, -0.1) is 0 Å². The Balaban J connectivity index is 2.33. The molecule has 1 fully saturated rings. The number of hydrogen-bond acceptors (Lipinski definition) is 1. The van der Waals surface area contributed by atoms with Gasteiger partial charge in [-0.1, -0.05) is 0 Å². The van der Waals surface area contributed by atoms with Crippen LogP contribution in [0.4, 0.5) is 8.78 Å². The lowest BCUT2D eigenvalue weighted by Crippen LogP contribution is -2.28. The molecule has 0 amide bonds. The van der Waals surface area contributed by atoms with Gasteiger partial charge in [-0.2, -0.15) is 4.39 Å². The van der Waals surface area contributed by atoms with Gasteiger partial charge < -0.3 is 0 Å². The van der Waals surface area contributed by atoms with Gasteiger partial charge in [0.1, 0.15) is 5.67 Å². The number of aromatic nitrogens is 1. The van der Waals surface area contributed by atoms with Crippen molar-refractivity contribution in [2.45, 2.75) is 24.9 Å². The van der Waals surface area contributed by atoms with Crippen LogP contribution in [0.5, 0.6) is 0 Å². The van der Waals surface area contributed by atoms with Crippen molar-refractivity contribution in [1.29, 1.82) is 0 Å². The monoisotopic (exact) mass is 169 g/mol. The zero-order valence-corrected chi connectivity index (χ0v) is 6.56. The number of rotatable bonds is 1. The quantitative estimate of drug-likeness (QED) is 0.589. The molecule has 1 aliphatic carbocycles. The van der Waals surface area contributed by atoms with Crippen LogP contribution in [0, 0.1) is 5.95 Å². The number of hydrogen-bond donors (Lipinski definition) is 0. The molecule has 12 heavy (non-hydrogen) atoms. The molecular weight excluding hydrogens is 160 g/mol. The minimum Gasteiger partial charge on any atom is -0.239 e. The fourth-order valence-electron chi connectivity index (χ4n) is 1.46. The van der Waals surface area contributed by atoms with E-state index in [0.29, 0.717) is 18.4 Å². The van der Waals surface area contributed by atoms with Gasteiger partial charge in [-0.25, -0.2) is 9.37 Å². The average molecular weight is 169 g/mol. The summed E-state index contributed by atoms with van der Waals surface area (Å²) in [6, 6.07) is 2.72. The molecule has 1 nitrogen and oxygen atoms in total. The maximum Gasteiger partial charge on any atom is 0.213 e. The maximum atomic E-state index is 13.6. The molecule has 1 heterocycles. The SMILES string of the molecule is Fc1cc(C2(F)CCC2)ccn1. The van der Waals surface area contributed by atoms with E-state index in [1.807, 2.05) is 0 Å². The van der Waals surface area contributed by atoms with Gasteiger partial charge >= 0.3 is 0 Å². The molecule has 1 saturated carbocycles. The van der Waals surface area contributed by atoms with Crippen molar-refractivity contribution in [3.8, 4) is 0 Å². The van der Waals surface area contributed by atoms with Crippen LogP contribution >= 0.6 is 0 Å². The van der Waals surface area contributed by atoms with Crippen LogP contribution in [-0.4, -0.2) is 4.98 Å². The van der Waals surface area contributed by atoms with Crippen LogP contribution in [0.2, 0.25) is 0 Å². The highest BCUT2D eigenvalue weighted by atomic mass is 19.1. The van der Waals surface area contributed by atoms with E-state index >= 15 is 0 Å². The third kappa shape index (κ3) is 1.09. The van der Waals surface area contributed by atoms with E-state index in [2.05, 4.69) is 4.98 Å². The fraction of sp³-hybridized carbons (Fsp3) is 0.444. The highest BCUT2D eigenvalue weighted by Gasteiger charge is 2.38. The first-order chi connectivity index (χ1) is 5.71. The number of pyridine rings is 1. The molecule has 0 radical (unpaired) electrons. The smallest absolute Gasteiger partial charge is 0.213 e. The Morgan fingerprint density at radius 3 is 2.67 bits per heavy atom. The number of alkyl halides is 1. The standard InChI is InChI=1S/C9H9F2N/c10-8-6-7(2-5-12-8)9(11)3-1-4-9/h2,5-6H,1,3-4H2. The van der Waals surface area contributed by atoms with E-state index in [-0.39, 0.29) is 0 Å². The van der Waals surface area contributed by atoms with Gasteiger partial charge in [0.25, 0.3) is 0 Å². The largest absolute Gasteiger partial charge is 0.239 e. The first kappa shape index (κ1) is 7.65. The zero-order chi connectivity index (χ0) is 8.60. The predicted molar refractivity (Wildman–Crippen MR) is 40.8 cm³/mol. The summed E-state index contributed by atoms with van der Waals surface area (Å²) in [5, 5.41) is 0. The van der Waals surface area contributed by atoms with Crippen molar-refractivity contribution >= 4 is 0 Å². The first-order valence-electron chi connectivity index (χ1n) is 4.02. The number of halogens is 2. The van der Waals surface area contributed by atoms with Gasteiger partial charge in [0, 0.05) is 6.20 Å². The molecule has 1 aromatic rings. The molecule has 0 N–H and O–H groups in total. The Hall–Kier alpha value is -0.990. The lowest BCUT2D eigenvalue weighted by Gasteiger charge is -2.33. The third-order valence-electron chi connectivity index (χ3n) is 2.39. The fourth-order valence-corrected chi connectivity index (χ4v) is 1.46. The van der Waals surface area contributed by atoms with E-state index in [4.69, 9.17) is 0 Å². The predicted octanol–water partition coefficient (Wildman–Crippen LogP) is 2.57. The second kappa shape index (κ2) is 2.51. The molecule has 0 spiro atoms. The Labute approximate surface area is 69.4 Å². The molecule has 2 rings (SSSR count). The Kier molecular flexibility index (Phi) is 1.60. The molecular formula is C9H9F2N. The van der Waals surface area contributed by atoms with E-state index < -0.39 is 11.6 Å². The van der Waals surface area contributed by atoms with Crippen molar-refractivity contribution in [3.63, 3.8) is 0 Å². The van der Waals surface area contributed by atoms with Crippen LogP contribution in [0.1, 0.15) is 24.8 Å². The maximum absolute atomic E-state index is 13.6. The summed E-state index contributed by atoms with van der Waals surface area (Å²) in [7, 11) is 0. The van der Waals surface area contributed by atoms with Crippen LogP contribution in [-0.2, 0) is 5.67 Å². The molecule has 0 aliphatic heterocycles. The molecule has 1 aromatic heterocycles. The minimum atomic E-state index is -1.27. The molecule has 0 atom stereocenters. The van der Waals surface area contributed by atoms with Gasteiger partial charge in [0.2, 0.25) is 5.95 Å². The summed E-state index contributed by atoms with van der Waals surface area (Å²) in [5.74, 6) is -0.601. The van der Waals surface area contributed by atoms with E-state index in [1.54, 1.807) is 6.07 Å². The van der Waals surface area contributed by atoms with Gasteiger partial charge in [0.15, 0.2) is 0 Å². The van der Waals surface area contributed by atoms with Gasteiger partial charge in [0.05, 0.1) is 0 Å². The van der Waals surface area contributed by atoms with Crippen molar-refractivity contribution in [3.05, 3.63) is 29.8 Å². The van der Waals surface area contributed by atoms with Crippen LogP contribution in [0.3, 0.4) is 0 Å². The van der Waals surface area contributed by atoms with E-state index in [1.165, 1.54) is 12.3 Å². The van der Waals surface area contributed by atoms with Crippen molar-refractivity contribution < 1.29 is 8.78 Å². The third-order valence-corrected chi connectivity index (χ3v) is 2.39. The topological polar surface area (TPSA) is 12.9 Å². The summed E-state index contributed by atoms with van der Waals surface area (Å²) in [6.07, 6.45) is 3.22. The van der Waals surface area contributed by atoms with Crippen molar-refractivity contribution in [2.24, 2.45) is 0 Å². The minimum absolute atomic E-state index is 0.432.